The minimum atomic E-state index is -3.69. The summed E-state index contributed by atoms with van der Waals surface area (Å²) < 4.78 is 33.1. The Balaban J connectivity index is 1.73. The molecule has 10 heteroatoms. The van der Waals surface area contributed by atoms with Crippen molar-refractivity contribution in [1.29, 1.82) is 0 Å². The molecular weight excluding hydrogens is 476 g/mol. The molecule has 2 heterocycles. The van der Waals surface area contributed by atoms with E-state index in [1.54, 1.807) is 43.8 Å². The van der Waals surface area contributed by atoms with E-state index in [1.807, 2.05) is 26.8 Å². The van der Waals surface area contributed by atoms with Crippen LogP contribution in [0.1, 0.15) is 46.9 Å². The zero-order valence-corrected chi connectivity index (χ0v) is 22.7. The van der Waals surface area contributed by atoms with E-state index in [-0.39, 0.29) is 11.4 Å². The van der Waals surface area contributed by atoms with Gasteiger partial charge in [-0.15, -0.1) is 0 Å². The van der Waals surface area contributed by atoms with Gasteiger partial charge in [0, 0.05) is 37.5 Å². The van der Waals surface area contributed by atoms with Crippen molar-refractivity contribution in [2.24, 2.45) is 0 Å². The molecule has 194 valence electrons. The number of hydrogen-bond donors (Lipinski definition) is 2. The third kappa shape index (κ3) is 7.22. The number of nitrogens with one attached hydrogen (secondary N) is 2. The molecule has 2 N–H and O–H groups in total. The maximum absolute atomic E-state index is 13.3. The van der Waals surface area contributed by atoms with Crippen molar-refractivity contribution in [3.8, 4) is 11.4 Å². The topological polar surface area (TPSA) is 113 Å². The summed E-state index contributed by atoms with van der Waals surface area (Å²) in [6.45, 7) is 10.4. The average molecular weight is 513 g/mol. The fourth-order valence-corrected chi connectivity index (χ4v) is 5.41. The van der Waals surface area contributed by atoms with E-state index in [9.17, 15) is 8.42 Å². The van der Waals surface area contributed by atoms with Gasteiger partial charge in [0.1, 0.15) is 5.82 Å². The molecular formula is C26H36N6O3S. The fourth-order valence-electron chi connectivity index (χ4n) is 3.64. The minimum absolute atomic E-state index is 0.215. The summed E-state index contributed by atoms with van der Waals surface area (Å²) in [5.41, 5.74) is 2.91. The number of anilines is 2. The second-order valence-electron chi connectivity index (χ2n) is 9.72. The Bertz CT molecular complexity index is 1270. The number of benzene rings is 1. The molecule has 0 aliphatic heterocycles. The molecule has 0 spiro atoms. The van der Waals surface area contributed by atoms with Crippen molar-refractivity contribution < 1.29 is 13.2 Å². The van der Waals surface area contributed by atoms with Crippen molar-refractivity contribution >= 4 is 21.7 Å². The Morgan fingerprint density at radius 1 is 1.14 bits per heavy atom. The van der Waals surface area contributed by atoms with Gasteiger partial charge in [-0.25, -0.2) is 23.4 Å². The monoisotopic (exact) mass is 512 g/mol. The molecule has 0 aliphatic rings. The van der Waals surface area contributed by atoms with Gasteiger partial charge < -0.3 is 15.0 Å². The molecule has 0 amide bonds. The third-order valence-electron chi connectivity index (χ3n) is 5.44. The van der Waals surface area contributed by atoms with Crippen LogP contribution in [-0.2, 0) is 21.2 Å². The van der Waals surface area contributed by atoms with Crippen molar-refractivity contribution in [3.63, 3.8) is 0 Å². The van der Waals surface area contributed by atoms with Gasteiger partial charge in [0.25, 0.3) is 0 Å². The van der Waals surface area contributed by atoms with Gasteiger partial charge in [-0.2, -0.15) is 4.31 Å². The average Bonchev–Trinajstić information content (AvgIpc) is 3.28. The number of nitrogens with zero attached hydrogens (tertiary/aromatic N) is 4. The summed E-state index contributed by atoms with van der Waals surface area (Å²) in [4.78, 5) is 16.9. The lowest BCUT2D eigenvalue weighted by molar-refractivity contribution is 0.148. The molecule has 0 bridgehead atoms. The zero-order valence-electron chi connectivity index (χ0n) is 21.9. The van der Waals surface area contributed by atoms with Crippen LogP contribution in [0.2, 0.25) is 0 Å². The van der Waals surface area contributed by atoms with Crippen LogP contribution in [0, 0.1) is 0 Å². The van der Waals surface area contributed by atoms with E-state index in [2.05, 4.69) is 45.2 Å². The van der Waals surface area contributed by atoms with Crippen LogP contribution in [0.4, 0.5) is 11.6 Å². The number of allylic oxidation sites excluding steroid dienone is 2. The number of aromatic amines is 1. The molecule has 3 rings (SSSR count). The Morgan fingerprint density at radius 2 is 1.86 bits per heavy atom. The number of aromatic nitrogens is 4. The first-order valence-electron chi connectivity index (χ1n) is 11.9. The molecule has 0 atom stereocenters. The first kappa shape index (κ1) is 27.5. The molecule has 0 saturated carbocycles. The number of imidazole rings is 1. The zero-order chi connectivity index (χ0) is 26.3. The summed E-state index contributed by atoms with van der Waals surface area (Å²) >= 11 is 0. The lowest BCUT2D eigenvalue weighted by atomic mass is 10.1. The summed E-state index contributed by atoms with van der Waals surface area (Å²) in [7, 11) is -2.14. The number of hydrogen-bond acceptors (Lipinski definition) is 7. The molecule has 0 fully saturated rings. The standard InChI is InChI=1S/C26H36N6O3S/c1-19(2)8-7-9-24-28-18-23(30-24)22-14-15-27-25(31-22)29-20-10-12-21(13-11-20)36(33,34)32(16-17-35-6)26(3,4)5/h8,10-15,18H,7,9,16-17H2,1-6H3,(H,28,30)(H,27,29,31). The Labute approximate surface area is 214 Å². The highest BCUT2D eigenvalue weighted by Crippen LogP contribution is 2.26. The summed E-state index contributed by atoms with van der Waals surface area (Å²) in [5.74, 6) is 1.31. The van der Waals surface area contributed by atoms with Crippen LogP contribution < -0.4 is 5.32 Å². The number of methoxy groups -OCH3 is 1. The van der Waals surface area contributed by atoms with Crippen molar-refractivity contribution in [2.45, 2.75) is 57.9 Å². The van der Waals surface area contributed by atoms with Crippen LogP contribution in [-0.4, -0.2) is 58.5 Å². The smallest absolute Gasteiger partial charge is 0.243 e. The molecule has 36 heavy (non-hydrogen) atoms. The summed E-state index contributed by atoms with van der Waals surface area (Å²) in [6.07, 6.45) is 7.39. The predicted molar refractivity (Wildman–Crippen MR) is 143 cm³/mol. The van der Waals surface area contributed by atoms with Crippen molar-refractivity contribution in [2.75, 3.05) is 25.6 Å². The van der Waals surface area contributed by atoms with Crippen molar-refractivity contribution in [1.82, 2.24) is 24.2 Å². The molecule has 3 aromatic rings. The van der Waals surface area contributed by atoms with Gasteiger partial charge in [-0.3, -0.25) is 0 Å². The molecule has 0 unspecified atom stereocenters. The van der Waals surface area contributed by atoms with Crippen LogP contribution in [0.3, 0.4) is 0 Å². The molecule has 0 radical (unpaired) electrons. The Kier molecular flexibility index (Phi) is 8.99. The normalized spacial score (nSPS) is 12.1. The van der Waals surface area contributed by atoms with E-state index in [0.717, 1.165) is 24.4 Å². The maximum Gasteiger partial charge on any atom is 0.243 e. The van der Waals surface area contributed by atoms with Gasteiger partial charge in [0.2, 0.25) is 16.0 Å². The van der Waals surface area contributed by atoms with Gasteiger partial charge in [0.15, 0.2) is 0 Å². The highest BCUT2D eigenvalue weighted by Gasteiger charge is 2.33. The van der Waals surface area contributed by atoms with E-state index >= 15 is 0 Å². The molecule has 2 aromatic heterocycles. The Hall–Kier alpha value is -3.08. The second kappa shape index (κ2) is 11.8. The molecule has 0 aliphatic carbocycles. The maximum atomic E-state index is 13.3. The number of sulfonamides is 1. The predicted octanol–water partition coefficient (Wildman–Crippen LogP) is 4.94. The molecule has 1 aromatic carbocycles. The molecule has 9 nitrogen and oxygen atoms in total. The third-order valence-corrected chi connectivity index (χ3v) is 7.62. The summed E-state index contributed by atoms with van der Waals surface area (Å²) in [6, 6.07) is 8.39. The van der Waals surface area contributed by atoms with Crippen molar-refractivity contribution in [3.05, 3.63) is 60.2 Å². The SMILES string of the molecule is COCCN(C(C)(C)C)S(=O)(=O)c1ccc(Nc2nccc(-c3cnc(CCC=C(C)C)[nH]3)n2)cc1. The number of rotatable bonds is 11. The van der Waals surface area contributed by atoms with Crippen LogP contribution in [0.25, 0.3) is 11.4 Å². The first-order chi connectivity index (χ1) is 17.0. The van der Waals surface area contributed by atoms with Crippen LogP contribution >= 0.6 is 0 Å². The second-order valence-corrected chi connectivity index (χ2v) is 11.6. The number of aryl methyl sites for hydroxylation is 1. The van der Waals surface area contributed by atoms with Gasteiger partial charge in [0.05, 0.1) is 29.1 Å². The lowest BCUT2D eigenvalue weighted by Crippen LogP contribution is -2.47. The van der Waals surface area contributed by atoms with Gasteiger partial charge >= 0.3 is 0 Å². The largest absolute Gasteiger partial charge is 0.383 e. The van der Waals surface area contributed by atoms with Crippen LogP contribution in [0.5, 0.6) is 0 Å². The summed E-state index contributed by atoms with van der Waals surface area (Å²) in [5, 5.41) is 3.15. The first-order valence-corrected chi connectivity index (χ1v) is 13.3. The van der Waals surface area contributed by atoms with E-state index in [1.165, 1.54) is 9.88 Å². The van der Waals surface area contributed by atoms with E-state index in [4.69, 9.17) is 4.74 Å². The van der Waals surface area contributed by atoms with E-state index in [0.29, 0.717) is 23.9 Å². The van der Waals surface area contributed by atoms with E-state index < -0.39 is 15.6 Å². The highest BCUT2D eigenvalue weighted by molar-refractivity contribution is 7.89. The minimum Gasteiger partial charge on any atom is -0.383 e. The van der Waals surface area contributed by atoms with Crippen LogP contribution in [0.15, 0.2) is 59.3 Å². The quantitative estimate of drug-likeness (QED) is 0.350. The lowest BCUT2D eigenvalue weighted by Gasteiger charge is -2.34. The van der Waals surface area contributed by atoms with Gasteiger partial charge in [-0.05, 0) is 71.4 Å². The number of ether oxygens (including phenoxy) is 1. The fraction of sp³-hybridized carbons (Fsp3) is 0.423. The number of H-pyrrole nitrogens is 1. The Morgan fingerprint density at radius 3 is 2.50 bits per heavy atom. The highest BCUT2D eigenvalue weighted by atomic mass is 32.2. The van der Waals surface area contributed by atoms with Gasteiger partial charge in [-0.1, -0.05) is 11.6 Å². The molecule has 0 saturated heterocycles.